The third kappa shape index (κ3) is 3.63. The first-order valence-electron chi connectivity index (χ1n) is 3.42. The number of allylic oxidation sites excluding steroid dienone is 2. The van der Waals surface area contributed by atoms with Gasteiger partial charge in [-0.3, -0.25) is 0 Å². The van der Waals surface area contributed by atoms with Gasteiger partial charge in [0, 0.05) is 0 Å². The third-order valence-corrected chi connectivity index (χ3v) is 2.49. The monoisotopic (exact) mass is 144 g/mol. The lowest BCUT2D eigenvalue weighted by Crippen LogP contribution is -1.78. The van der Waals surface area contributed by atoms with Gasteiger partial charge in [0.15, 0.2) is 0 Å². The topological polar surface area (TPSA) is 0 Å². The maximum Gasteiger partial charge on any atom is -0.0140 e. The molecule has 0 radical (unpaired) electrons. The SMILES string of the molecule is CCC/C(C)=C(\C)SC. The van der Waals surface area contributed by atoms with E-state index in [9.17, 15) is 0 Å². The molecule has 0 aliphatic carbocycles. The summed E-state index contributed by atoms with van der Waals surface area (Å²) >= 11 is 1.85. The van der Waals surface area contributed by atoms with Gasteiger partial charge >= 0.3 is 0 Å². The van der Waals surface area contributed by atoms with E-state index >= 15 is 0 Å². The zero-order chi connectivity index (χ0) is 7.28. The Hall–Kier alpha value is 0.0900. The predicted molar refractivity (Wildman–Crippen MR) is 46.8 cm³/mol. The van der Waals surface area contributed by atoms with Crippen LogP contribution in [0.25, 0.3) is 0 Å². The minimum atomic E-state index is 1.26. The van der Waals surface area contributed by atoms with Crippen molar-refractivity contribution in [1.82, 2.24) is 0 Å². The molecule has 0 nitrogen and oxygen atoms in total. The Bertz CT molecular complexity index is 103. The van der Waals surface area contributed by atoms with Crippen molar-refractivity contribution in [3.8, 4) is 0 Å². The van der Waals surface area contributed by atoms with Crippen LogP contribution in [0.3, 0.4) is 0 Å². The number of rotatable bonds is 3. The zero-order valence-electron chi connectivity index (χ0n) is 6.82. The molecule has 0 N–H and O–H groups in total. The number of hydrogen-bond acceptors (Lipinski definition) is 1. The number of hydrogen-bond donors (Lipinski definition) is 0. The summed E-state index contributed by atoms with van der Waals surface area (Å²) in [5, 5.41) is 0. The van der Waals surface area contributed by atoms with Gasteiger partial charge in [-0.25, -0.2) is 0 Å². The normalized spacial score (nSPS) is 13.3. The lowest BCUT2D eigenvalue weighted by atomic mass is 10.2. The fraction of sp³-hybridized carbons (Fsp3) is 0.750. The van der Waals surface area contributed by atoms with Gasteiger partial charge in [0.25, 0.3) is 0 Å². The average molecular weight is 144 g/mol. The molecular weight excluding hydrogens is 128 g/mol. The van der Waals surface area contributed by atoms with E-state index in [-0.39, 0.29) is 0 Å². The molecule has 0 aromatic carbocycles. The van der Waals surface area contributed by atoms with E-state index in [0.717, 1.165) is 0 Å². The molecule has 0 unspecified atom stereocenters. The van der Waals surface area contributed by atoms with Gasteiger partial charge in [0.2, 0.25) is 0 Å². The van der Waals surface area contributed by atoms with Crippen LogP contribution in [0.2, 0.25) is 0 Å². The highest BCUT2D eigenvalue weighted by Crippen LogP contribution is 2.18. The van der Waals surface area contributed by atoms with E-state index in [4.69, 9.17) is 0 Å². The summed E-state index contributed by atoms with van der Waals surface area (Å²) in [6.45, 7) is 6.63. The van der Waals surface area contributed by atoms with Crippen molar-refractivity contribution < 1.29 is 0 Å². The van der Waals surface area contributed by atoms with Gasteiger partial charge in [0.1, 0.15) is 0 Å². The van der Waals surface area contributed by atoms with Crippen LogP contribution in [0.1, 0.15) is 33.6 Å². The highest BCUT2D eigenvalue weighted by atomic mass is 32.2. The summed E-state index contributed by atoms with van der Waals surface area (Å²) in [4.78, 5) is 1.48. The third-order valence-electron chi connectivity index (χ3n) is 1.53. The molecule has 0 heterocycles. The van der Waals surface area contributed by atoms with Gasteiger partial charge in [-0.2, -0.15) is 0 Å². The second-order valence-corrected chi connectivity index (χ2v) is 3.31. The molecule has 0 amide bonds. The molecule has 9 heavy (non-hydrogen) atoms. The Labute approximate surface area is 62.7 Å². The van der Waals surface area contributed by atoms with Crippen molar-refractivity contribution in [2.75, 3.05) is 6.26 Å². The molecule has 0 aromatic heterocycles. The van der Waals surface area contributed by atoms with Crippen LogP contribution in [0.15, 0.2) is 10.5 Å². The molecule has 54 valence electrons. The number of thioether (sulfide) groups is 1. The van der Waals surface area contributed by atoms with E-state index in [1.807, 2.05) is 11.8 Å². The molecule has 1 heteroatoms. The second kappa shape index (κ2) is 4.92. The van der Waals surface area contributed by atoms with Crippen LogP contribution in [-0.2, 0) is 0 Å². The fourth-order valence-electron chi connectivity index (χ4n) is 0.725. The van der Waals surface area contributed by atoms with Gasteiger partial charge < -0.3 is 0 Å². The standard InChI is InChI=1S/C8H16S/c1-5-6-7(2)8(3)9-4/h5-6H2,1-4H3/b8-7+. The summed E-state index contributed by atoms with van der Waals surface area (Å²) < 4.78 is 0. The highest BCUT2D eigenvalue weighted by molar-refractivity contribution is 8.02. The summed E-state index contributed by atoms with van der Waals surface area (Å²) in [7, 11) is 0. The minimum Gasteiger partial charge on any atom is -0.134 e. The molecule has 0 atom stereocenters. The molecule has 0 rings (SSSR count). The van der Waals surface area contributed by atoms with Crippen LogP contribution in [0.4, 0.5) is 0 Å². The summed E-state index contributed by atoms with van der Waals surface area (Å²) in [5.41, 5.74) is 1.55. The molecule has 0 aliphatic heterocycles. The molecule has 0 bridgehead atoms. The molecule has 0 aromatic rings. The first kappa shape index (κ1) is 9.09. The van der Waals surface area contributed by atoms with Crippen molar-refractivity contribution in [3.63, 3.8) is 0 Å². The van der Waals surface area contributed by atoms with Crippen molar-refractivity contribution in [1.29, 1.82) is 0 Å². The van der Waals surface area contributed by atoms with Gasteiger partial charge in [0.05, 0.1) is 0 Å². The zero-order valence-corrected chi connectivity index (χ0v) is 7.64. The van der Waals surface area contributed by atoms with Crippen molar-refractivity contribution in [2.24, 2.45) is 0 Å². The van der Waals surface area contributed by atoms with Crippen LogP contribution in [-0.4, -0.2) is 6.26 Å². The Kier molecular flexibility index (Phi) is 4.97. The molecular formula is C8H16S. The van der Waals surface area contributed by atoms with Crippen molar-refractivity contribution >= 4 is 11.8 Å². The second-order valence-electron chi connectivity index (χ2n) is 2.29. The molecule has 0 fully saturated rings. The van der Waals surface area contributed by atoms with Crippen molar-refractivity contribution in [2.45, 2.75) is 33.6 Å². The maximum absolute atomic E-state index is 2.22. The van der Waals surface area contributed by atoms with Crippen LogP contribution < -0.4 is 0 Å². The van der Waals surface area contributed by atoms with E-state index in [1.165, 1.54) is 17.7 Å². The Morgan fingerprint density at radius 1 is 1.33 bits per heavy atom. The highest BCUT2D eigenvalue weighted by Gasteiger charge is 1.91. The molecule has 0 aliphatic rings. The van der Waals surface area contributed by atoms with Gasteiger partial charge in [-0.1, -0.05) is 18.9 Å². The van der Waals surface area contributed by atoms with E-state index < -0.39 is 0 Å². The summed E-state index contributed by atoms with van der Waals surface area (Å²) in [6, 6.07) is 0. The molecule has 0 saturated carbocycles. The van der Waals surface area contributed by atoms with E-state index in [1.54, 1.807) is 5.57 Å². The predicted octanol–water partition coefficient (Wildman–Crippen LogP) is 3.44. The minimum absolute atomic E-state index is 1.26. The fourth-order valence-corrected chi connectivity index (χ4v) is 1.18. The Morgan fingerprint density at radius 2 is 1.89 bits per heavy atom. The smallest absolute Gasteiger partial charge is 0.0140 e. The lowest BCUT2D eigenvalue weighted by molar-refractivity contribution is 0.900. The van der Waals surface area contributed by atoms with Gasteiger partial charge in [-0.05, 0) is 31.4 Å². The van der Waals surface area contributed by atoms with Crippen molar-refractivity contribution in [3.05, 3.63) is 10.5 Å². The van der Waals surface area contributed by atoms with E-state index in [2.05, 4.69) is 27.0 Å². The Balaban J connectivity index is 3.78. The van der Waals surface area contributed by atoms with Crippen LogP contribution in [0.5, 0.6) is 0 Å². The largest absolute Gasteiger partial charge is 0.134 e. The van der Waals surface area contributed by atoms with Crippen LogP contribution >= 0.6 is 11.8 Å². The summed E-state index contributed by atoms with van der Waals surface area (Å²) in [6.07, 6.45) is 4.66. The quantitative estimate of drug-likeness (QED) is 0.584. The first-order valence-corrected chi connectivity index (χ1v) is 4.65. The average Bonchev–Trinajstić information content (AvgIpc) is 1.87. The van der Waals surface area contributed by atoms with Crippen LogP contribution in [0, 0.1) is 0 Å². The maximum atomic E-state index is 2.22. The summed E-state index contributed by atoms with van der Waals surface area (Å²) in [5.74, 6) is 0. The first-order chi connectivity index (χ1) is 4.22. The molecule has 0 saturated heterocycles. The Morgan fingerprint density at radius 3 is 2.22 bits per heavy atom. The van der Waals surface area contributed by atoms with E-state index in [0.29, 0.717) is 0 Å². The molecule has 0 spiro atoms. The lowest BCUT2D eigenvalue weighted by Gasteiger charge is -2.01. The van der Waals surface area contributed by atoms with Gasteiger partial charge in [-0.15, -0.1) is 11.8 Å².